The fraction of sp³-hybridized carbons (Fsp3) is 0.250. The average molecular weight is 733 g/mol. The predicted molar refractivity (Wildman–Crippen MR) is 207 cm³/mol. The zero-order valence-corrected chi connectivity index (χ0v) is 30.2. The van der Waals surface area contributed by atoms with Gasteiger partial charge in [-0.1, -0.05) is 36.4 Å². The quantitative estimate of drug-likeness (QED) is 0.118. The summed E-state index contributed by atoms with van der Waals surface area (Å²) in [4.78, 5) is 44.9. The summed E-state index contributed by atoms with van der Waals surface area (Å²) in [6, 6.07) is 25.5. The van der Waals surface area contributed by atoms with Gasteiger partial charge in [0.2, 0.25) is 5.95 Å². The number of aliphatic hydroxyl groups excluding tert-OH is 1. The fourth-order valence-corrected chi connectivity index (χ4v) is 6.63. The van der Waals surface area contributed by atoms with Gasteiger partial charge in [0.15, 0.2) is 6.10 Å². The Morgan fingerprint density at radius 3 is 2.53 bits per heavy atom. The van der Waals surface area contributed by atoms with E-state index in [4.69, 9.17) is 9.72 Å². The van der Waals surface area contributed by atoms with Gasteiger partial charge in [0, 0.05) is 67.3 Å². The van der Waals surface area contributed by atoms with Gasteiger partial charge < -0.3 is 30.4 Å². The number of carbonyl (C=O) groups excluding carboxylic acids is 2. The zero-order chi connectivity index (χ0) is 36.0. The molecule has 3 aromatic carbocycles. The first-order valence-corrected chi connectivity index (χ1v) is 17.3. The smallest absolute Gasteiger partial charge is 0.255 e. The molecule has 7 rings (SSSR count). The molecule has 13 heteroatoms. The summed E-state index contributed by atoms with van der Waals surface area (Å²) < 4.78 is 7.68. The van der Waals surface area contributed by atoms with Crippen LogP contribution in [0.2, 0.25) is 0 Å². The highest BCUT2D eigenvalue weighted by molar-refractivity contribution is 5.98. The van der Waals surface area contributed by atoms with Gasteiger partial charge >= 0.3 is 0 Å². The molecule has 1 saturated heterocycles. The number of rotatable bonds is 11. The maximum atomic E-state index is 14.1. The molecule has 4 N–H and O–H groups in total. The lowest BCUT2D eigenvalue weighted by Crippen LogP contribution is -2.38. The van der Waals surface area contributed by atoms with Crippen LogP contribution < -0.4 is 16.0 Å². The van der Waals surface area contributed by atoms with Gasteiger partial charge in [-0.05, 0) is 85.8 Å². The van der Waals surface area contributed by atoms with Gasteiger partial charge in [-0.3, -0.25) is 14.6 Å². The van der Waals surface area contributed by atoms with E-state index in [1.54, 1.807) is 49.9 Å². The summed E-state index contributed by atoms with van der Waals surface area (Å²) in [5.74, 6) is 0.415. The summed E-state index contributed by atoms with van der Waals surface area (Å²) in [5, 5.41) is 20.9. The number of anilines is 3. The molecule has 1 aliphatic rings. The molecular weight excluding hydrogens is 692 g/mol. The minimum Gasteiger partial charge on any atom is -0.381 e. The second-order valence-electron chi connectivity index (χ2n) is 12.9. The first-order valence-electron chi connectivity index (χ1n) is 17.3. The molecule has 6 aromatic rings. The standard InChI is InChI=1S/C40H40N8O4.ClH/c1-25-10-12-30(23-32(25)47-40-43-18-14-31(46-40)29-9-6-17-42-24-29)44-39(51)36(49)35(21-26-7-4-3-5-8-26)48-34-13-11-28(38(50)41-2)22-33(34)45-37(48)27-15-19-52-20-16-27;/h3-14,17-18,22-24,27,35-36,49H,15-16,19-21H2,1-2H3,(H,41,50)(H,44,51)(H,43,46,47);1H/t35-,36+;/m1./s1. The third kappa shape index (κ3) is 8.36. The van der Waals surface area contributed by atoms with E-state index in [-0.39, 0.29) is 24.2 Å². The number of pyridine rings is 1. The number of imidazole rings is 1. The van der Waals surface area contributed by atoms with E-state index in [2.05, 4.69) is 30.9 Å². The van der Waals surface area contributed by atoms with Crippen LogP contribution in [0.5, 0.6) is 0 Å². The van der Waals surface area contributed by atoms with E-state index in [0.29, 0.717) is 48.0 Å². The predicted octanol–water partition coefficient (Wildman–Crippen LogP) is 6.40. The van der Waals surface area contributed by atoms with Gasteiger partial charge in [0.25, 0.3) is 11.8 Å². The van der Waals surface area contributed by atoms with E-state index in [1.807, 2.05) is 72.2 Å². The Morgan fingerprint density at radius 1 is 0.962 bits per heavy atom. The first-order chi connectivity index (χ1) is 25.4. The number of fused-ring (bicyclic) bond motifs is 1. The molecule has 1 fully saturated rings. The Kier molecular flexibility index (Phi) is 11.7. The van der Waals surface area contributed by atoms with E-state index in [0.717, 1.165) is 46.6 Å². The maximum Gasteiger partial charge on any atom is 0.255 e. The Bertz CT molecular complexity index is 2190. The minimum absolute atomic E-state index is 0. The van der Waals surface area contributed by atoms with Crippen LogP contribution in [0.4, 0.5) is 17.3 Å². The van der Waals surface area contributed by atoms with Gasteiger partial charge in [-0.2, -0.15) is 0 Å². The lowest BCUT2D eigenvalue weighted by Gasteiger charge is -2.30. The van der Waals surface area contributed by atoms with Crippen LogP contribution in [-0.4, -0.2) is 67.8 Å². The SMILES string of the molecule is CNC(=O)c1ccc2c(c1)nc(C1CCOCC1)n2[C@H](Cc1ccccc1)[C@H](O)C(=O)Nc1ccc(C)c(Nc2nccc(-c3cccnc3)n2)c1.Cl. The van der Waals surface area contributed by atoms with E-state index >= 15 is 0 Å². The van der Waals surface area contributed by atoms with E-state index in [1.165, 1.54) is 0 Å². The molecule has 53 heavy (non-hydrogen) atoms. The number of amides is 2. The summed E-state index contributed by atoms with van der Waals surface area (Å²) >= 11 is 0. The van der Waals surface area contributed by atoms with Crippen molar-refractivity contribution in [2.45, 2.75) is 44.2 Å². The van der Waals surface area contributed by atoms with Crippen LogP contribution in [0.25, 0.3) is 22.3 Å². The molecule has 0 spiro atoms. The molecule has 0 saturated carbocycles. The molecule has 0 aliphatic carbocycles. The summed E-state index contributed by atoms with van der Waals surface area (Å²) in [7, 11) is 1.59. The largest absolute Gasteiger partial charge is 0.381 e. The fourth-order valence-electron chi connectivity index (χ4n) is 6.63. The summed E-state index contributed by atoms with van der Waals surface area (Å²) in [6.07, 6.45) is 5.52. The second-order valence-corrected chi connectivity index (χ2v) is 12.9. The Hall–Kier alpha value is -5.69. The molecule has 2 atom stereocenters. The van der Waals surface area contributed by atoms with Crippen LogP contribution in [0.3, 0.4) is 0 Å². The number of aliphatic hydroxyl groups is 1. The second kappa shape index (κ2) is 16.8. The highest BCUT2D eigenvalue weighted by Gasteiger charge is 2.34. The van der Waals surface area contributed by atoms with Crippen molar-refractivity contribution < 1.29 is 19.4 Å². The molecule has 12 nitrogen and oxygen atoms in total. The lowest BCUT2D eigenvalue weighted by atomic mass is 9.96. The van der Waals surface area contributed by atoms with Gasteiger partial charge in [0.1, 0.15) is 5.82 Å². The number of benzene rings is 3. The number of nitrogens with one attached hydrogen (secondary N) is 3. The van der Waals surface area contributed by atoms with Crippen molar-refractivity contribution in [3.05, 3.63) is 126 Å². The third-order valence-corrected chi connectivity index (χ3v) is 9.41. The molecular formula is C40H41ClN8O4. The number of hydrogen-bond acceptors (Lipinski definition) is 9. The molecule has 0 unspecified atom stereocenters. The van der Waals surface area contributed by atoms with Crippen molar-refractivity contribution in [1.82, 2.24) is 29.8 Å². The maximum absolute atomic E-state index is 14.1. The first kappa shape index (κ1) is 37.1. The monoisotopic (exact) mass is 732 g/mol. The van der Waals surface area contributed by atoms with E-state index in [9.17, 15) is 14.7 Å². The summed E-state index contributed by atoms with van der Waals surface area (Å²) in [6.45, 7) is 3.12. The molecule has 4 heterocycles. The molecule has 0 bridgehead atoms. The van der Waals surface area contributed by atoms with Crippen LogP contribution in [0.15, 0.2) is 104 Å². The molecule has 3 aromatic heterocycles. The van der Waals surface area contributed by atoms with Crippen molar-refractivity contribution >= 4 is 52.6 Å². The molecule has 272 valence electrons. The van der Waals surface area contributed by atoms with E-state index < -0.39 is 18.1 Å². The van der Waals surface area contributed by atoms with Crippen molar-refractivity contribution in [1.29, 1.82) is 0 Å². The number of aryl methyl sites for hydroxylation is 1. The highest BCUT2D eigenvalue weighted by Crippen LogP contribution is 2.35. The van der Waals surface area contributed by atoms with Crippen molar-refractivity contribution in [3.63, 3.8) is 0 Å². The number of nitrogens with zero attached hydrogens (tertiary/aromatic N) is 5. The number of hydrogen-bond donors (Lipinski definition) is 4. The van der Waals surface area contributed by atoms with Crippen molar-refractivity contribution in [3.8, 4) is 11.3 Å². The molecule has 2 amide bonds. The Balaban J connectivity index is 0.00000481. The normalized spacial score (nSPS) is 14.2. The van der Waals surface area contributed by atoms with Crippen molar-refractivity contribution in [2.75, 3.05) is 30.9 Å². The highest BCUT2D eigenvalue weighted by atomic mass is 35.5. The number of aromatic nitrogens is 5. The van der Waals surface area contributed by atoms with Gasteiger partial charge in [-0.15, -0.1) is 12.4 Å². The lowest BCUT2D eigenvalue weighted by molar-refractivity contribution is -0.126. The number of halogens is 1. The van der Waals surface area contributed by atoms with Crippen LogP contribution in [-0.2, 0) is 16.0 Å². The molecule has 1 aliphatic heterocycles. The topological polar surface area (TPSA) is 156 Å². The average Bonchev–Trinajstić information content (AvgIpc) is 3.57. The Labute approximate surface area is 313 Å². The summed E-state index contributed by atoms with van der Waals surface area (Å²) in [5.41, 5.74) is 6.48. The Morgan fingerprint density at radius 2 is 1.77 bits per heavy atom. The molecule has 0 radical (unpaired) electrons. The minimum atomic E-state index is -1.47. The van der Waals surface area contributed by atoms with Gasteiger partial charge in [0.05, 0.1) is 22.8 Å². The van der Waals surface area contributed by atoms with Crippen LogP contribution >= 0.6 is 12.4 Å². The van der Waals surface area contributed by atoms with Crippen LogP contribution in [0, 0.1) is 6.92 Å². The van der Waals surface area contributed by atoms with Crippen molar-refractivity contribution in [2.24, 2.45) is 0 Å². The van der Waals surface area contributed by atoms with Gasteiger partial charge in [-0.25, -0.2) is 15.0 Å². The number of carbonyl (C=O) groups is 2. The third-order valence-electron chi connectivity index (χ3n) is 9.41. The number of ether oxygens (including phenoxy) is 1. The van der Waals surface area contributed by atoms with Crippen LogP contribution in [0.1, 0.15) is 52.1 Å². The zero-order valence-electron chi connectivity index (χ0n) is 29.4.